The number of hydrogen-bond donors (Lipinski definition) is 2. The van der Waals surface area contributed by atoms with E-state index in [0.717, 1.165) is 69.1 Å². The minimum absolute atomic E-state index is 0.0945. The van der Waals surface area contributed by atoms with Crippen LogP contribution in [0.5, 0.6) is 5.75 Å². The fraction of sp³-hybridized carbons (Fsp3) is 0.758. The highest BCUT2D eigenvalue weighted by Gasteiger charge is 2.31. The summed E-state index contributed by atoms with van der Waals surface area (Å²) in [6.07, 6.45) is 12.0. The summed E-state index contributed by atoms with van der Waals surface area (Å²) in [5.74, 6) is 1.71. The summed E-state index contributed by atoms with van der Waals surface area (Å²) in [7, 11) is 0. The van der Waals surface area contributed by atoms with Gasteiger partial charge in [0, 0.05) is 18.8 Å². The lowest BCUT2D eigenvalue weighted by atomic mass is 9.76. The molecule has 2 fully saturated rings. The van der Waals surface area contributed by atoms with Gasteiger partial charge in [-0.1, -0.05) is 58.1 Å². The van der Waals surface area contributed by atoms with Crippen LogP contribution in [0.3, 0.4) is 0 Å². The lowest BCUT2D eigenvalue weighted by molar-refractivity contribution is -0.125. The number of alkyl halides is 1. The number of Topliss-reactive ketones (excluding diaryl/α,β-unsaturated/α-hetero) is 1. The Balaban J connectivity index is 1.55. The lowest BCUT2D eigenvalue weighted by Crippen LogP contribution is -2.41. The van der Waals surface area contributed by atoms with Crippen molar-refractivity contribution < 1.29 is 23.8 Å². The van der Waals surface area contributed by atoms with E-state index in [1.807, 2.05) is 24.3 Å². The standard InChI is InChI=1S/C33H52FNO4/c1-3-4-21-39-29-19-17-26(18-20-29)33(38)30(22-24(2)27-13-10-14-28(34)23-27)35-32(37)16-9-8-15-31(36)25-11-6-5-7-12-25/h17-20,24-25,27-28,30,33,38H,3-16,21-23H2,1-2H3,(H,35,37). The summed E-state index contributed by atoms with van der Waals surface area (Å²) < 4.78 is 19.9. The molecule has 0 aromatic heterocycles. The molecular formula is C33H52FNO4. The van der Waals surface area contributed by atoms with Crippen molar-refractivity contribution in [1.29, 1.82) is 0 Å². The molecule has 0 saturated heterocycles. The molecule has 2 aliphatic carbocycles. The Labute approximate surface area is 235 Å². The third kappa shape index (κ3) is 10.9. The molecule has 3 rings (SSSR count). The van der Waals surface area contributed by atoms with E-state index >= 15 is 0 Å². The van der Waals surface area contributed by atoms with Gasteiger partial charge in [0.05, 0.1) is 18.8 Å². The number of ether oxygens (including phenoxy) is 1. The minimum atomic E-state index is -0.862. The first-order chi connectivity index (χ1) is 18.9. The number of aliphatic hydroxyl groups excluding tert-OH is 1. The van der Waals surface area contributed by atoms with Crippen LogP contribution in [-0.2, 0) is 9.59 Å². The third-order valence-electron chi connectivity index (χ3n) is 8.93. The summed E-state index contributed by atoms with van der Waals surface area (Å²) in [6.45, 7) is 4.91. The Morgan fingerprint density at radius 3 is 2.41 bits per heavy atom. The monoisotopic (exact) mass is 545 g/mol. The van der Waals surface area contributed by atoms with Gasteiger partial charge in [-0.3, -0.25) is 9.59 Å². The molecule has 0 heterocycles. The number of nitrogens with one attached hydrogen (secondary N) is 1. The summed E-state index contributed by atoms with van der Waals surface area (Å²) in [4.78, 5) is 25.4. The molecule has 5 unspecified atom stereocenters. The average Bonchev–Trinajstić information content (AvgIpc) is 2.95. The van der Waals surface area contributed by atoms with Crippen LogP contribution in [0.15, 0.2) is 24.3 Å². The van der Waals surface area contributed by atoms with E-state index in [9.17, 15) is 19.1 Å². The predicted molar refractivity (Wildman–Crippen MR) is 154 cm³/mol. The summed E-state index contributed by atoms with van der Waals surface area (Å²) in [6, 6.07) is 7.02. The summed E-state index contributed by atoms with van der Waals surface area (Å²) in [5, 5.41) is 14.5. The number of aliphatic hydroxyl groups is 1. The van der Waals surface area contributed by atoms with Crippen LogP contribution in [0.1, 0.15) is 128 Å². The minimum Gasteiger partial charge on any atom is -0.494 e. The van der Waals surface area contributed by atoms with E-state index in [2.05, 4.69) is 19.2 Å². The van der Waals surface area contributed by atoms with E-state index < -0.39 is 18.3 Å². The Bertz CT molecular complexity index is 854. The van der Waals surface area contributed by atoms with Gasteiger partial charge in [-0.2, -0.15) is 0 Å². The SMILES string of the molecule is CCCCOc1ccc(C(O)C(CC(C)C2CCCC(F)C2)NC(=O)CCCCC(=O)C2CCCCC2)cc1. The van der Waals surface area contributed by atoms with Crippen LogP contribution in [-0.4, -0.2) is 35.6 Å². The average molecular weight is 546 g/mol. The normalized spacial score (nSPS) is 22.6. The number of rotatable bonds is 16. The maximum absolute atomic E-state index is 14.1. The number of benzene rings is 1. The van der Waals surface area contributed by atoms with Crippen LogP contribution in [0.2, 0.25) is 0 Å². The molecular weight excluding hydrogens is 493 g/mol. The van der Waals surface area contributed by atoms with Crippen LogP contribution in [0, 0.1) is 17.8 Å². The van der Waals surface area contributed by atoms with Gasteiger partial charge in [0.25, 0.3) is 0 Å². The van der Waals surface area contributed by atoms with Gasteiger partial charge in [0.1, 0.15) is 17.7 Å². The Morgan fingerprint density at radius 1 is 1.00 bits per heavy atom. The van der Waals surface area contributed by atoms with E-state index in [0.29, 0.717) is 50.9 Å². The van der Waals surface area contributed by atoms with Crippen LogP contribution in [0.25, 0.3) is 0 Å². The summed E-state index contributed by atoms with van der Waals surface area (Å²) in [5.41, 5.74) is 0.737. The maximum atomic E-state index is 14.1. The first-order valence-corrected chi connectivity index (χ1v) is 15.7. The van der Waals surface area contributed by atoms with Crippen molar-refractivity contribution in [2.75, 3.05) is 6.61 Å². The van der Waals surface area contributed by atoms with Crippen molar-refractivity contribution in [3.05, 3.63) is 29.8 Å². The number of carbonyl (C=O) groups is 2. The number of amides is 1. The molecule has 5 nitrogen and oxygen atoms in total. The van der Waals surface area contributed by atoms with E-state index in [1.54, 1.807) is 0 Å². The van der Waals surface area contributed by atoms with Crippen molar-refractivity contribution in [3.8, 4) is 5.75 Å². The topological polar surface area (TPSA) is 75.6 Å². The molecule has 6 heteroatoms. The number of hydrogen-bond acceptors (Lipinski definition) is 4. The van der Waals surface area contributed by atoms with Gasteiger partial charge in [0.15, 0.2) is 0 Å². The fourth-order valence-corrected chi connectivity index (χ4v) is 6.36. The molecule has 1 aromatic rings. The van der Waals surface area contributed by atoms with Crippen molar-refractivity contribution in [1.82, 2.24) is 5.32 Å². The molecule has 0 bridgehead atoms. The molecule has 1 aromatic carbocycles. The largest absolute Gasteiger partial charge is 0.494 e. The fourth-order valence-electron chi connectivity index (χ4n) is 6.36. The van der Waals surface area contributed by atoms with Crippen LogP contribution < -0.4 is 10.1 Å². The highest BCUT2D eigenvalue weighted by molar-refractivity contribution is 5.81. The molecule has 2 saturated carbocycles. The highest BCUT2D eigenvalue weighted by atomic mass is 19.1. The first-order valence-electron chi connectivity index (χ1n) is 15.7. The van der Waals surface area contributed by atoms with Crippen molar-refractivity contribution in [2.45, 2.75) is 135 Å². The molecule has 39 heavy (non-hydrogen) atoms. The van der Waals surface area contributed by atoms with Gasteiger partial charge < -0.3 is 15.2 Å². The van der Waals surface area contributed by atoms with Crippen LogP contribution in [0.4, 0.5) is 4.39 Å². The zero-order valence-corrected chi connectivity index (χ0v) is 24.3. The van der Waals surface area contributed by atoms with E-state index in [4.69, 9.17) is 4.74 Å². The molecule has 2 N–H and O–H groups in total. The first kappa shape index (κ1) is 31.6. The van der Waals surface area contributed by atoms with Gasteiger partial charge >= 0.3 is 0 Å². The van der Waals surface area contributed by atoms with Crippen molar-refractivity contribution in [3.63, 3.8) is 0 Å². The van der Waals surface area contributed by atoms with Gasteiger partial charge in [-0.05, 0) is 87.3 Å². The molecule has 0 radical (unpaired) electrons. The van der Waals surface area contributed by atoms with E-state index in [-0.39, 0.29) is 23.7 Å². The smallest absolute Gasteiger partial charge is 0.220 e. The zero-order chi connectivity index (χ0) is 28.0. The van der Waals surface area contributed by atoms with Crippen molar-refractivity contribution >= 4 is 11.7 Å². The molecule has 0 aliphatic heterocycles. The summed E-state index contributed by atoms with van der Waals surface area (Å²) >= 11 is 0. The lowest BCUT2D eigenvalue weighted by Gasteiger charge is -2.33. The third-order valence-corrected chi connectivity index (χ3v) is 8.93. The molecule has 220 valence electrons. The Kier molecular flexibility index (Phi) is 13.8. The number of halogens is 1. The van der Waals surface area contributed by atoms with Gasteiger partial charge in [0.2, 0.25) is 5.91 Å². The highest BCUT2D eigenvalue weighted by Crippen LogP contribution is 2.35. The molecule has 5 atom stereocenters. The number of ketones is 1. The van der Waals surface area contributed by atoms with Gasteiger partial charge in [-0.15, -0.1) is 0 Å². The second kappa shape index (κ2) is 17.0. The Hall–Kier alpha value is -1.95. The van der Waals surface area contributed by atoms with Crippen molar-refractivity contribution in [2.24, 2.45) is 17.8 Å². The molecule has 2 aliphatic rings. The second-order valence-electron chi connectivity index (χ2n) is 12.1. The maximum Gasteiger partial charge on any atom is 0.220 e. The zero-order valence-electron chi connectivity index (χ0n) is 24.3. The van der Waals surface area contributed by atoms with Gasteiger partial charge in [-0.25, -0.2) is 4.39 Å². The molecule has 0 spiro atoms. The quantitative estimate of drug-likeness (QED) is 0.209. The second-order valence-corrected chi connectivity index (χ2v) is 12.1. The number of unbranched alkanes of at least 4 members (excludes halogenated alkanes) is 2. The predicted octanol–water partition coefficient (Wildman–Crippen LogP) is 7.65. The van der Waals surface area contributed by atoms with Crippen LogP contribution >= 0.6 is 0 Å². The number of carbonyl (C=O) groups excluding carboxylic acids is 2. The van der Waals surface area contributed by atoms with E-state index in [1.165, 1.54) is 6.42 Å². The molecule has 1 amide bonds. The Morgan fingerprint density at radius 2 is 1.72 bits per heavy atom.